The number of carbonyl (C=O) groups is 1. The zero-order valence-electron chi connectivity index (χ0n) is 10.5. The highest BCUT2D eigenvalue weighted by Gasteiger charge is 2.12. The zero-order valence-corrected chi connectivity index (χ0v) is 12.1. The molecule has 0 fully saturated rings. The minimum Gasteiger partial charge on any atom is -0.388 e. The number of hydrogen-bond acceptors (Lipinski definition) is 2. The lowest BCUT2D eigenvalue weighted by Gasteiger charge is -2.08. The maximum Gasteiger partial charge on any atom is 0.255 e. The van der Waals surface area contributed by atoms with Gasteiger partial charge < -0.3 is 10.6 Å². The standard InChI is InChI=1S/C14H11BrF2N2O/c1-18-9-4-2-8(3-5-9)14(20)19-13-7-11(16)10(15)6-12(13)17/h2-7,18H,1H3,(H,19,20). The van der Waals surface area contributed by atoms with Gasteiger partial charge in [-0.3, -0.25) is 4.79 Å². The van der Waals surface area contributed by atoms with Crippen LogP contribution in [0.25, 0.3) is 0 Å². The lowest BCUT2D eigenvalue weighted by atomic mass is 10.2. The highest BCUT2D eigenvalue weighted by molar-refractivity contribution is 9.10. The Labute approximate surface area is 123 Å². The molecule has 0 heterocycles. The van der Waals surface area contributed by atoms with Crippen LogP contribution in [0.1, 0.15) is 10.4 Å². The second-order valence-corrected chi connectivity index (χ2v) is 4.88. The summed E-state index contributed by atoms with van der Waals surface area (Å²) < 4.78 is 26.9. The minimum atomic E-state index is -0.710. The number of amides is 1. The van der Waals surface area contributed by atoms with Crippen molar-refractivity contribution < 1.29 is 13.6 Å². The predicted octanol–water partition coefficient (Wildman–Crippen LogP) is 4.02. The molecule has 2 aromatic carbocycles. The maximum atomic E-state index is 13.6. The highest BCUT2D eigenvalue weighted by atomic mass is 79.9. The third-order valence-corrected chi connectivity index (χ3v) is 3.30. The molecule has 0 radical (unpaired) electrons. The van der Waals surface area contributed by atoms with Gasteiger partial charge in [0.15, 0.2) is 0 Å². The van der Waals surface area contributed by atoms with Crippen LogP contribution < -0.4 is 10.6 Å². The molecule has 0 saturated heterocycles. The highest BCUT2D eigenvalue weighted by Crippen LogP contribution is 2.23. The first kappa shape index (κ1) is 14.5. The van der Waals surface area contributed by atoms with Gasteiger partial charge in [-0.1, -0.05) is 0 Å². The van der Waals surface area contributed by atoms with Crippen molar-refractivity contribution >= 4 is 33.2 Å². The summed E-state index contributed by atoms with van der Waals surface area (Å²) in [6, 6.07) is 8.51. The van der Waals surface area contributed by atoms with Gasteiger partial charge in [0.25, 0.3) is 5.91 Å². The molecule has 6 heteroatoms. The Balaban J connectivity index is 2.20. The number of hydrogen-bond donors (Lipinski definition) is 2. The fourth-order valence-corrected chi connectivity index (χ4v) is 1.92. The van der Waals surface area contributed by atoms with Gasteiger partial charge in [0.05, 0.1) is 10.2 Å². The second-order valence-electron chi connectivity index (χ2n) is 4.03. The van der Waals surface area contributed by atoms with E-state index in [1.807, 2.05) is 0 Å². The third-order valence-electron chi connectivity index (χ3n) is 2.69. The summed E-state index contributed by atoms with van der Waals surface area (Å²) in [5, 5.41) is 5.26. The van der Waals surface area contributed by atoms with Crippen LogP contribution in [0.2, 0.25) is 0 Å². The van der Waals surface area contributed by atoms with Crippen LogP contribution >= 0.6 is 15.9 Å². The Kier molecular flexibility index (Phi) is 4.34. The second kappa shape index (κ2) is 6.00. The van der Waals surface area contributed by atoms with Gasteiger partial charge in [-0.25, -0.2) is 8.78 Å². The van der Waals surface area contributed by atoms with E-state index in [9.17, 15) is 13.6 Å². The number of nitrogens with one attached hydrogen (secondary N) is 2. The average molecular weight is 341 g/mol. The van der Waals surface area contributed by atoms with E-state index in [1.165, 1.54) is 0 Å². The molecule has 104 valence electrons. The summed E-state index contributed by atoms with van der Waals surface area (Å²) in [7, 11) is 1.76. The van der Waals surface area contributed by atoms with Crippen LogP contribution in [-0.2, 0) is 0 Å². The van der Waals surface area contributed by atoms with Crippen LogP contribution in [0.15, 0.2) is 40.9 Å². The molecule has 0 unspecified atom stereocenters. The number of benzene rings is 2. The van der Waals surface area contributed by atoms with Gasteiger partial charge in [0, 0.05) is 24.4 Å². The maximum absolute atomic E-state index is 13.6. The minimum absolute atomic E-state index is 0.00590. The fraction of sp³-hybridized carbons (Fsp3) is 0.0714. The molecule has 0 aliphatic rings. The Morgan fingerprint density at radius 2 is 1.75 bits per heavy atom. The van der Waals surface area contributed by atoms with E-state index in [2.05, 4.69) is 26.6 Å². The van der Waals surface area contributed by atoms with E-state index in [0.717, 1.165) is 17.8 Å². The van der Waals surface area contributed by atoms with Crippen molar-refractivity contribution in [2.24, 2.45) is 0 Å². The number of anilines is 2. The zero-order chi connectivity index (χ0) is 14.7. The summed E-state index contributed by atoms with van der Waals surface area (Å²) in [5.74, 6) is -1.86. The average Bonchev–Trinajstić information content (AvgIpc) is 2.44. The molecular weight excluding hydrogens is 330 g/mol. The molecule has 0 bridgehead atoms. The van der Waals surface area contributed by atoms with Crippen LogP contribution in [0.3, 0.4) is 0 Å². The quantitative estimate of drug-likeness (QED) is 0.828. The van der Waals surface area contributed by atoms with Gasteiger partial charge in [-0.05, 0) is 46.3 Å². The summed E-state index contributed by atoms with van der Waals surface area (Å²) in [6.45, 7) is 0. The summed E-state index contributed by atoms with van der Waals surface area (Å²) >= 11 is 2.87. The molecule has 0 aromatic heterocycles. The van der Waals surface area contributed by atoms with Crippen molar-refractivity contribution in [3.63, 3.8) is 0 Å². The van der Waals surface area contributed by atoms with E-state index >= 15 is 0 Å². The smallest absolute Gasteiger partial charge is 0.255 e. The van der Waals surface area contributed by atoms with Gasteiger partial charge in [-0.15, -0.1) is 0 Å². The van der Waals surface area contributed by atoms with E-state index in [4.69, 9.17) is 0 Å². The van der Waals surface area contributed by atoms with E-state index in [-0.39, 0.29) is 10.2 Å². The molecule has 0 aliphatic heterocycles. The molecule has 0 spiro atoms. The number of halogens is 3. The van der Waals surface area contributed by atoms with E-state index in [1.54, 1.807) is 31.3 Å². The van der Waals surface area contributed by atoms with E-state index in [0.29, 0.717) is 5.56 Å². The van der Waals surface area contributed by atoms with E-state index < -0.39 is 17.5 Å². The van der Waals surface area contributed by atoms with Gasteiger partial charge in [0.1, 0.15) is 11.6 Å². The normalized spacial score (nSPS) is 10.2. The number of rotatable bonds is 3. The molecule has 20 heavy (non-hydrogen) atoms. The van der Waals surface area contributed by atoms with Crippen molar-refractivity contribution in [1.82, 2.24) is 0 Å². The first-order valence-electron chi connectivity index (χ1n) is 5.75. The first-order valence-corrected chi connectivity index (χ1v) is 6.54. The third kappa shape index (κ3) is 3.14. The van der Waals surface area contributed by atoms with Crippen molar-refractivity contribution in [3.8, 4) is 0 Å². The number of carbonyl (C=O) groups excluding carboxylic acids is 1. The predicted molar refractivity (Wildman–Crippen MR) is 78.0 cm³/mol. The van der Waals surface area contributed by atoms with Crippen LogP contribution in [0.5, 0.6) is 0 Å². The molecule has 1 amide bonds. The van der Waals surface area contributed by atoms with Crippen LogP contribution in [-0.4, -0.2) is 13.0 Å². The van der Waals surface area contributed by atoms with Crippen molar-refractivity contribution in [2.75, 3.05) is 17.7 Å². The Bertz CT molecular complexity index is 644. The summed E-state index contributed by atoms with van der Waals surface area (Å²) in [5.41, 5.74) is 1.00. The Hall–Kier alpha value is -1.95. The molecule has 2 aromatic rings. The summed E-state index contributed by atoms with van der Waals surface area (Å²) in [6.07, 6.45) is 0. The SMILES string of the molecule is CNc1ccc(C(=O)Nc2cc(F)c(Br)cc2F)cc1. The molecule has 2 rings (SSSR count). The lowest BCUT2D eigenvalue weighted by molar-refractivity contribution is 0.102. The molecular formula is C14H11BrF2N2O. The van der Waals surface area contributed by atoms with Crippen LogP contribution in [0.4, 0.5) is 20.2 Å². The fourth-order valence-electron chi connectivity index (χ4n) is 1.60. The monoisotopic (exact) mass is 340 g/mol. The van der Waals surface area contributed by atoms with Crippen LogP contribution in [0, 0.1) is 11.6 Å². The molecule has 3 nitrogen and oxygen atoms in total. The van der Waals surface area contributed by atoms with Gasteiger partial charge in [0.2, 0.25) is 0 Å². The topological polar surface area (TPSA) is 41.1 Å². The summed E-state index contributed by atoms with van der Waals surface area (Å²) in [4.78, 5) is 11.9. The largest absolute Gasteiger partial charge is 0.388 e. The molecule has 2 N–H and O–H groups in total. The van der Waals surface area contributed by atoms with Crippen molar-refractivity contribution in [2.45, 2.75) is 0 Å². The lowest BCUT2D eigenvalue weighted by Crippen LogP contribution is -2.13. The molecule has 0 atom stereocenters. The first-order chi connectivity index (χ1) is 9.51. The van der Waals surface area contributed by atoms with Crippen molar-refractivity contribution in [3.05, 3.63) is 58.1 Å². The Morgan fingerprint density at radius 3 is 2.35 bits per heavy atom. The van der Waals surface area contributed by atoms with Gasteiger partial charge in [-0.2, -0.15) is 0 Å². The Morgan fingerprint density at radius 1 is 1.10 bits per heavy atom. The molecule has 0 aliphatic carbocycles. The van der Waals surface area contributed by atoms with Gasteiger partial charge >= 0.3 is 0 Å². The molecule has 0 saturated carbocycles. The van der Waals surface area contributed by atoms with Crippen molar-refractivity contribution in [1.29, 1.82) is 0 Å².